The number of hydrogen-bond donors (Lipinski definition) is 2. The third kappa shape index (κ3) is 5.59. The van der Waals surface area contributed by atoms with Gasteiger partial charge in [-0.15, -0.1) is 11.8 Å². The minimum Gasteiger partial charge on any atom is -0.354 e. The maximum Gasteiger partial charge on any atom is 0.241 e. The zero-order valence-electron chi connectivity index (χ0n) is 17.0. The lowest BCUT2D eigenvalue weighted by Crippen LogP contribution is -2.45. The van der Waals surface area contributed by atoms with Gasteiger partial charge in [0.1, 0.15) is 0 Å². The maximum atomic E-state index is 12.9. The first-order valence-electron chi connectivity index (χ1n) is 9.18. The highest BCUT2D eigenvalue weighted by Gasteiger charge is 2.26. The molecule has 1 amide bonds. The van der Waals surface area contributed by atoms with Crippen LogP contribution in [0.1, 0.15) is 29.2 Å². The SMILES string of the molecule is Cc1cc(C)c(C)c(S(=O)(=O)N[C@@H](C)C(=O)NCCSc2ccccc2)c1C. The normalized spacial score (nSPS) is 12.6. The Kier molecular flexibility index (Phi) is 7.69. The molecule has 5 nitrogen and oxygen atoms in total. The summed E-state index contributed by atoms with van der Waals surface area (Å²) < 4.78 is 28.3. The van der Waals surface area contributed by atoms with Crippen molar-refractivity contribution in [3.05, 3.63) is 58.7 Å². The predicted molar refractivity (Wildman–Crippen MR) is 115 cm³/mol. The standard InChI is InChI=1S/C21H28N2O3S2/c1-14-13-15(2)17(4)20(16(14)3)28(25,26)23-18(5)21(24)22-11-12-27-19-9-7-6-8-10-19/h6-10,13,18,23H,11-12H2,1-5H3,(H,22,24)/t18-/m0/s1. The number of hydrogen-bond acceptors (Lipinski definition) is 4. The molecule has 0 unspecified atom stereocenters. The van der Waals surface area contributed by atoms with Crippen molar-refractivity contribution in [2.24, 2.45) is 0 Å². The lowest BCUT2D eigenvalue weighted by Gasteiger charge is -2.19. The third-order valence-electron chi connectivity index (χ3n) is 4.70. The van der Waals surface area contributed by atoms with Gasteiger partial charge in [-0.25, -0.2) is 8.42 Å². The Bertz CT molecular complexity index is 916. The Morgan fingerprint density at radius 2 is 1.61 bits per heavy atom. The number of rotatable bonds is 8. The quantitative estimate of drug-likeness (QED) is 0.506. The molecule has 0 aliphatic heterocycles. The fraction of sp³-hybridized carbons (Fsp3) is 0.381. The summed E-state index contributed by atoms with van der Waals surface area (Å²) in [5, 5.41) is 2.79. The van der Waals surface area contributed by atoms with E-state index < -0.39 is 16.1 Å². The number of nitrogens with one attached hydrogen (secondary N) is 2. The van der Waals surface area contributed by atoms with Gasteiger partial charge in [-0.2, -0.15) is 4.72 Å². The van der Waals surface area contributed by atoms with E-state index in [9.17, 15) is 13.2 Å². The highest BCUT2D eigenvalue weighted by Crippen LogP contribution is 2.26. The molecule has 152 valence electrons. The van der Waals surface area contributed by atoms with Crippen molar-refractivity contribution in [3.8, 4) is 0 Å². The van der Waals surface area contributed by atoms with Crippen LogP contribution in [0, 0.1) is 27.7 Å². The molecule has 0 spiro atoms. The molecule has 2 rings (SSSR count). The van der Waals surface area contributed by atoms with Crippen LogP contribution in [-0.4, -0.2) is 32.7 Å². The van der Waals surface area contributed by atoms with Gasteiger partial charge in [0.05, 0.1) is 10.9 Å². The van der Waals surface area contributed by atoms with E-state index >= 15 is 0 Å². The molecule has 0 saturated carbocycles. The molecule has 0 saturated heterocycles. The summed E-state index contributed by atoms with van der Waals surface area (Å²) in [6.07, 6.45) is 0. The van der Waals surface area contributed by atoms with Crippen LogP contribution in [-0.2, 0) is 14.8 Å². The summed E-state index contributed by atoms with van der Waals surface area (Å²) in [6.45, 7) is 9.39. The molecular formula is C21H28N2O3S2. The molecule has 0 aliphatic rings. The lowest BCUT2D eigenvalue weighted by molar-refractivity contribution is -0.122. The molecule has 7 heteroatoms. The molecule has 28 heavy (non-hydrogen) atoms. The summed E-state index contributed by atoms with van der Waals surface area (Å²) in [7, 11) is -3.80. The van der Waals surface area contributed by atoms with Crippen LogP contribution in [0.4, 0.5) is 0 Å². The molecule has 2 N–H and O–H groups in total. The van der Waals surface area contributed by atoms with Crippen LogP contribution in [0.2, 0.25) is 0 Å². The van der Waals surface area contributed by atoms with E-state index in [1.54, 1.807) is 32.5 Å². The summed E-state index contributed by atoms with van der Waals surface area (Å²) >= 11 is 1.64. The number of amides is 1. The number of carbonyl (C=O) groups excluding carboxylic acids is 1. The van der Waals surface area contributed by atoms with Crippen molar-refractivity contribution in [2.75, 3.05) is 12.3 Å². The van der Waals surface area contributed by atoms with Gasteiger partial charge in [0, 0.05) is 17.2 Å². The van der Waals surface area contributed by atoms with Crippen molar-refractivity contribution in [3.63, 3.8) is 0 Å². The fourth-order valence-electron chi connectivity index (χ4n) is 2.94. The van der Waals surface area contributed by atoms with Gasteiger partial charge in [-0.3, -0.25) is 4.79 Å². The summed E-state index contributed by atoms with van der Waals surface area (Å²) in [5.74, 6) is 0.377. The van der Waals surface area contributed by atoms with E-state index in [-0.39, 0.29) is 10.8 Å². The van der Waals surface area contributed by atoms with E-state index in [0.29, 0.717) is 23.4 Å². The first-order chi connectivity index (χ1) is 13.1. The second-order valence-electron chi connectivity index (χ2n) is 6.89. The predicted octanol–water partition coefficient (Wildman–Crippen LogP) is 3.50. The van der Waals surface area contributed by atoms with Gasteiger partial charge < -0.3 is 5.32 Å². The third-order valence-corrected chi connectivity index (χ3v) is 7.53. The van der Waals surface area contributed by atoms with Gasteiger partial charge in [-0.05, 0) is 69.0 Å². The maximum absolute atomic E-state index is 12.9. The Morgan fingerprint density at radius 1 is 1.04 bits per heavy atom. The van der Waals surface area contributed by atoms with E-state index in [1.165, 1.54) is 0 Å². The number of thioether (sulfide) groups is 1. The summed E-state index contributed by atoms with van der Waals surface area (Å²) in [5.41, 5.74) is 3.25. The van der Waals surface area contributed by atoms with Crippen molar-refractivity contribution < 1.29 is 13.2 Å². The molecule has 0 bridgehead atoms. The minimum atomic E-state index is -3.80. The summed E-state index contributed by atoms with van der Waals surface area (Å²) in [6, 6.07) is 11.0. The zero-order chi connectivity index (χ0) is 20.9. The Balaban J connectivity index is 1.97. The number of benzene rings is 2. The first kappa shape index (κ1) is 22.5. The van der Waals surface area contributed by atoms with Gasteiger partial charge >= 0.3 is 0 Å². The zero-order valence-corrected chi connectivity index (χ0v) is 18.6. The van der Waals surface area contributed by atoms with E-state index in [4.69, 9.17) is 0 Å². The molecule has 0 heterocycles. The Hall–Kier alpha value is -1.83. The average molecular weight is 421 g/mol. The molecule has 2 aromatic carbocycles. The Morgan fingerprint density at radius 3 is 2.18 bits per heavy atom. The fourth-order valence-corrected chi connectivity index (χ4v) is 5.55. The molecule has 1 atom stereocenters. The second-order valence-corrected chi connectivity index (χ2v) is 9.70. The molecule has 0 radical (unpaired) electrons. The van der Waals surface area contributed by atoms with Crippen LogP contribution >= 0.6 is 11.8 Å². The molecule has 0 aliphatic carbocycles. The first-order valence-corrected chi connectivity index (χ1v) is 11.7. The van der Waals surface area contributed by atoms with Crippen LogP contribution in [0.25, 0.3) is 0 Å². The van der Waals surface area contributed by atoms with Crippen LogP contribution < -0.4 is 10.0 Å². The smallest absolute Gasteiger partial charge is 0.241 e. The summed E-state index contributed by atoms with van der Waals surface area (Å²) in [4.78, 5) is 13.7. The van der Waals surface area contributed by atoms with Crippen molar-refractivity contribution in [1.29, 1.82) is 0 Å². The minimum absolute atomic E-state index is 0.268. The number of aryl methyl sites for hydroxylation is 2. The highest BCUT2D eigenvalue weighted by atomic mass is 32.2. The molecule has 0 aromatic heterocycles. The van der Waals surface area contributed by atoms with Crippen molar-refractivity contribution in [2.45, 2.75) is 50.5 Å². The van der Waals surface area contributed by atoms with Crippen molar-refractivity contribution in [1.82, 2.24) is 10.0 Å². The van der Waals surface area contributed by atoms with Crippen LogP contribution in [0.15, 0.2) is 46.2 Å². The van der Waals surface area contributed by atoms with E-state index in [2.05, 4.69) is 10.0 Å². The van der Waals surface area contributed by atoms with Crippen LogP contribution in [0.3, 0.4) is 0 Å². The van der Waals surface area contributed by atoms with Crippen molar-refractivity contribution >= 4 is 27.7 Å². The topological polar surface area (TPSA) is 75.3 Å². The number of sulfonamides is 1. The van der Waals surface area contributed by atoms with Gasteiger partial charge in [0.15, 0.2) is 0 Å². The van der Waals surface area contributed by atoms with Gasteiger partial charge in [0.2, 0.25) is 15.9 Å². The van der Waals surface area contributed by atoms with Gasteiger partial charge in [-0.1, -0.05) is 24.3 Å². The second kappa shape index (κ2) is 9.58. The average Bonchev–Trinajstić information content (AvgIpc) is 2.64. The number of carbonyl (C=O) groups is 1. The van der Waals surface area contributed by atoms with Crippen LogP contribution in [0.5, 0.6) is 0 Å². The Labute approximate surface area is 172 Å². The molecular weight excluding hydrogens is 392 g/mol. The monoisotopic (exact) mass is 420 g/mol. The largest absolute Gasteiger partial charge is 0.354 e. The van der Waals surface area contributed by atoms with E-state index in [0.717, 1.165) is 16.0 Å². The molecule has 0 fully saturated rings. The van der Waals surface area contributed by atoms with Gasteiger partial charge in [0.25, 0.3) is 0 Å². The highest BCUT2D eigenvalue weighted by molar-refractivity contribution is 7.99. The lowest BCUT2D eigenvalue weighted by atomic mass is 10.0. The van der Waals surface area contributed by atoms with E-state index in [1.807, 2.05) is 50.2 Å². The molecule has 2 aromatic rings.